The average Bonchev–Trinajstić information content (AvgIpc) is 3.16. The van der Waals surface area contributed by atoms with Gasteiger partial charge in [0.15, 0.2) is 0 Å². The monoisotopic (exact) mass is 407 g/mol. The predicted octanol–water partition coefficient (Wildman–Crippen LogP) is 4.65. The van der Waals surface area contributed by atoms with Gasteiger partial charge in [0, 0.05) is 29.7 Å². The van der Waals surface area contributed by atoms with Crippen molar-refractivity contribution < 1.29 is 23.0 Å². The Labute approximate surface area is 166 Å². The summed E-state index contributed by atoms with van der Waals surface area (Å²) >= 11 is 5.84. The van der Waals surface area contributed by atoms with Crippen molar-refractivity contribution >= 4 is 11.6 Å². The highest BCUT2D eigenvalue weighted by Crippen LogP contribution is 2.17. The van der Waals surface area contributed by atoms with Crippen molar-refractivity contribution in [1.82, 2.24) is 4.90 Å². The van der Waals surface area contributed by atoms with E-state index in [9.17, 15) is 13.9 Å². The maximum Gasteiger partial charge on any atom is 0.130 e. The molecule has 0 spiro atoms. The van der Waals surface area contributed by atoms with Gasteiger partial charge in [-0.15, -0.1) is 0 Å². The van der Waals surface area contributed by atoms with E-state index in [4.69, 9.17) is 20.8 Å². The Morgan fingerprint density at radius 2 is 1.86 bits per heavy atom. The normalized spacial score (nSPS) is 12.3. The largest absolute Gasteiger partial charge is 0.491 e. The van der Waals surface area contributed by atoms with Crippen LogP contribution in [0.25, 0.3) is 0 Å². The zero-order valence-electron chi connectivity index (χ0n) is 15.0. The lowest BCUT2D eigenvalue weighted by Crippen LogP contribution is -2.35. The fourth-order valence-corrected chi connectivity index (χ4v) is 2.90. The second-order valence-corrected chi connectivity index (χ2v) is 6.84. The van der Waals surface area contributed by atoms with Gasteiger partial charge in [-0.25, -0.2) is 8.78 Å². The number of furan rings is 1. The summed E-state index contributed by atoms with van der Waals surface area (Å²) in [5.41, 5.74) is 0.332. The molecule has 7 heteroatoms. The number of hydrogen-bond acceptors (Lipinski definition) is 4. The van der Waals surface area contributed by atoms with E-state index in [0.29, 0.717) is 28.6 Å². The molecule has 0 aliphatic heterocycles. The number of nitrogens with zero attached hydrogens (tertiary/aromatic N) is 1. The second kappa shape index (κ2) is 9.68. The van der Waals surface area contributed by atoms with Crippen LogP contribution in [0.5, 0.6) is 5.75 Å². The Kier molecular flexibility index (Phi) is 7.03. The molecule has 3 aromatic rings. The summed E-state index contributed by atoms with van der Waals surface area (Å²) in [6.45, 7) is 0.819. The Bertz CT molecular complexity index is 872. The van der Waals surface area contributed by atoms with Crippen LogP contribution in [0.2, 0.25) is 5.02 Å². The number of hydrogen-bond donors (Lipinski definition) is 1. The zero-order valence-corrected chi connectivity index (χ0v) is 15.8. The Hall–Kier alpha value is -2.41. The summed E-state index contributed by atoms with van der Waals surface area (Å²) in [4.78, 5) is 1.81. The summed E-state index contributed by atoms with van der Waals surface area (Å²) < 4.78 is 38.1. The number of aliphatic hydroxyl groups excluding tert-OH is 1. The molecule has 0 fully saturated rings. The van der Waals surface area contributed by atoms with Crippen LogP contribution >= 0.6 is 11.6 Å². The zero-order chi connectivity index (χ0) is 19.9. The highest BCUT2D eigenvalue weighted by molar-refractivity contribution is 6.30. The molecule has 1 aromatic heterocycles. The van der Waals surface area contributed by atoms with Crippen LogP contribution in [0.3, 0.4) is 0 Å². The molecule has 4 nitrogen and oxygen atoms in total. The average molecular weight is 408 g/mol. The molecule has 3 rings (SSSR count). The topological polar surface area (TPSA) is 45.8 Å². The van der Waals surface area contributed by atoms with Crippen LogP contribution < -0.4 is 4.74 Å². The van der Waals surface area contributed by atoms with E-state index in [-0.39, 0.29) is 19.7 Å². The Morgan fingerprint density at radius 1 is 1.07 bits per heavy atom. The van der Waals surface area contributed by atoms with Crippen molar-refractivity contribution in [2.24, 2.45) is 0 Å². The molecule has 1 heterocycles. The van der Waals surface area contributed by atoms with E-state index in [1.807, 2.05) is 4.90 Å². The third kappa shape index (κ3) is 6.05. The fraction of sp³-hybridized carbons (Fsp3) is 0.238. The smallest absolute Gasteiger partial charge is 0.130 e. The summed E-state index contributed by atoms with van der Waals surface area (Å²) in [5, 5.41) is 11.0. The minimum atomic E-state index is -0.825. The molecule has 148 valence electrons. The molecule has 0 aliphatic rings. The van der Waals surface area contributed by atoms with Gasteiger partial charge < -0.3 is 14.3 Å². The van der Waals surface area contributed by atoms with E-state index in [1.165, 1.54) is 12.1 Å². The van der Waals surface area contributed by atoms with Crippen LogP contribution in [0.4, 0.5) is 8.78 Å². The van der Waals surface area contributed by atoms with Crippen molar-refractivity contribution in [3.05, 3.63) is 88.8 Å². The SMILES string of the molecule is OC(COc1ccc(Cl)cc1)CN(Cc1ccco1)Cc1ccc(F)cc1F. The molecule has 0 saturated heterocycles. The van der Waals surface area contributed by atoms with Crippen molar-refractivity contribution in [3.8, 4) is 5.75 Å². The van der Waals surface area contributed by atoms with Gasteiger partial charge in [0.2, 0.25) is 0 Å². The molecule has 0 saturated carbocycles. The molecule has 0 amide bonds. The first-order chi connectivity index (χ1) is 13.5. The molecule has 28 heavy (non-hydrogen) atoms. The van der Waals surface area contributed by atoms with Gasteiger partial charge in [0.1, 0.15) is 35.9 Å². The number of benzene rings is 2. The summed E-state index contributed by atoms with van der Waals surface area (Å²) in [7, 11) is 0. The lowest BCUT2D eigenvalue weighted by molar-refractivity contribution is 0.0600. The summed E-state index contributed by atoms with van der Waals surface area (Å²) in [6.07, 6.45) is 0.723. The number of halogens is 3. The Balaban J connectivity index is 1.63. The van der Waals surface area contributed by atoms with Gasteiger partial charge in [0.25, 0.3) is 0 Å². The molecule has 0 bridgehead atoms. The molecule has 1 N–H and O–H groups in total. The highest BCUT2D eigenvalue weighted by atomic mass is 35.5. The van der Waals surface area contributed by atoms with Gasteiger partial charge in [-0.1, -0.05) is 17.7 Å². The van der Waals surface area contributed by atoms with Gasteiger partial charge in [0.05, 0.1) is 12.8 Å². The number of rotatable bonds is 9. The molecular formula is C21H20ClF2NO3. The molecular weight excluding hydrogens is 388 g/mol. The fourth-order valence-electron chi connectivity index (χ4n) is 2.77. The minimum absolute atomic E-state index is 0.0577. The first-order valence-corrected chi connectivity index (χ1v) is 9.12. The molecule has 1 unspecified atom stereocenters. The highest BCUT2D eigenvalue weighted by Gasteiger charge is 2.17. The van der Waals surface area contributed by atoms with E-state index < -0.39 is 17.7 Å². The van der Waals surface area contributed by atoms with E-state index in [1.54, 1.807) is 42.7 Å². The molecule has 0 radical (unpaired) electrons. The summed E-state index contributed by atoms with van der Waals surface area (Å²) in [5.74, 6) is 0.00513. The third-order valence-corrected chi connectivity index (χ3v) is 4.35. The molecule has 1 atom stereocenters. The summed E-state index contributed by atoms with van der Waals surface area (Å²) in [6, 6.07) is 13.8. The lowest BCUT2D eigenvalue weighted by Gasteiger charge is -2.24. The van der Waals surface area contributed by atoms with Crippen LogP contribution in [0.1, 0.15) is 11.3 Å². The predicted molar refractivity (Wildman–Crippen MR) is 102 cm³/mol. The van der Waals surface area contributed by atoms with E-state index >= 15 is 0 Å². The quantitative estimate of drug-likeness (QED) is 0.560. The third-order valence-electron chi connectivity index (χ3n) is 4.09. The van der Waals surface area contributed by atoms with E-state index in [2.05, 4.69) is 0 Å². The second-order valence-electron chi connectivity index (χ2n) is 6.40. The molecule has 0 aliphatic carbocycles. The first kappa shape index (κ1) is 20.3. The lowest BCUT2D eigenvalue weighted by atomic mass is 10.1. The number of ether oxygens (including phenoxy) is 1. The van der Waals surface area contributed by atoms with Crippen molar-refractivity contribution in [1.29, 1.82) is 0 Å². The van der Waals surface area contributed by atoms with Crippen LogP contribution in [-0.4, -0.2) is 29.3 Å². The number of aliphatic hydroxyl groups is 1. The van der Waals surface area contributed by atoms with Crippen molar-refractivity contribution in [3.63, 3.8) is 0 Å². The van der Waals surface area contributed by atoms with Crippen LogP contribution in [-0.2, 0) is 13.1 Å². The van der Waals surface area contributed by atoms with Gasteiger partial charge in [-0.2, -0.15) is 0 Å². The van der Waals surface area contributed by atoms with Crippen molar-refractivity contribution in [2.75, 3.05) is 13.2 Å². The van der Waals surface area contributed by atoms with Gasteiger partial charge >= 0.3 is 0 Å². The van der Waals surface area contributed by atoms with Gasteiger partial charge in [-0.3, -0.25) is 4.90 Å². The first-order valence-electron chi connectivity index (χ1n) is 8.74. The van der Waals surface area contributed by atoms with Gasteiger partial charge in [-0.05, 0) is 42.5 Å². The molecule has 2 aromatic carbocycles. The maximum absolute atomic E-state index is 14.0. The Morgan fingerprint density at radius 3 is 2.54 bits per heavy atom. The minimum Gasteiger partial charge on any atom is -0.491 e. The standard InChI is InChI=1S/C21H20ClF2NO3/c22-16-4-7-19(8-5-16)28-14-18(26)12-25(13-20-2-1-9-27-20)11-15-3-6-17(23)10-21(15)24/h1-10,18,26H,11-14H2. The van der Waals surface area contributed by atoms with Crippen molar-refractivity contribution in [2.45, 2.75) is 19.2 Å². The van der Waals surface area contributed by atoms with Crippen LogP contribution in [0.15, 0.2) is 65.3 Å². The van der Waals surface area contributed by atoms with Crippen LogP contribution in [0, 0.1) is 11.6 Å². The van der Waals surface area contributed by atoms with E-state index in [0.717, 1.165) is 6.07 Å². The maximum atomic E-state index is 14.0.